The molecule has 1 aliphatic rings. The Labute approximate surface area is 85.9 Å². The molecule has 6 heteroatoms. The van der Waals surface area contributed by atoms with Gasteiger partial charge in [0.2, 0.25) is 5.91 Å². The minimum Gasteiger partial charge on any atom is -0.365 e. The maximum absolute atomic E-state index is 10.9. The molecule has 0 radical (unpaired) electrons. The molecule has 0 aromatic carbocycles. The number of nitrogens with one attached hydrogen (secondary N) is 2. The van der Waals surface area contributed by atoms with E-state index in [1.165, 1.54) is 6.33 Å². The predicted molar refractivity (Wildman–Crippen MR) is 52.1 cm³/mol. The number of carbonyl (C=O) groups is 1. The first kappa shape index (κ1) is 9.21. The maximum Gasteiger partial charge on any atom is 0.222 e. The van der Waals surface area contributed by atoms with Gasteiger partial charge in [0, 0.05) is 19.0 Å². The fraction of sp³-hybridized carbons (Fsp3) is 0.375. The summed E-state index contributed by atoms with van der Waals surface area (Å²) in [7, 11) is 0. The van der Waals surface area contributed by atoms with Gasteiger partial charge in [0.25, 0.3) is 0 Å². The van der Waals surface area contributed by atoms with Gasteiger partial charge < -0.3 is 10.6 Å². The van der Waals surface area contributed by atoms with Gasteiger partial charge in [0.15, 0.2) is 0 Å². The number of halogens is 1. The Bertz CT molecular complexity index is 357. The van der Waals surface area contributed by atoms with Crippen LogP contribution in [0.3, 0.4) is 0 Å². The van der Waals surface area contributed by atoms with Crippen molar-refractivity contribution < 1.29 is 4.79 Å². The van der Waals surface area contributed by atoms with E-state index in [-0.39, 0.29) is 11.9 Å². The molecule has 1 unspecified atom stereocenters. The quantitative estimate of drug-likeness (QED) is 0.698. The smallest absolute Gasteiger partial charge is 0.222 e. The van der Waals surface area contributed by atoms with Crippen LogP contribution in [0.4, 0.5) is 5.82 Å². The molecule has 0 bridgehead atoms. The summed E-state index contributed by atoms with van der Waals surface area (Å²) in [6.45, 7) is 0.625. The van der Waals surface area contributed by atoms with Gasteiger partial charge in [-0.25, -0.2) is 9.97 Å². The highest BCUT2D eigenvalue weighted by molar-refractivity contribution is 6.29. The Balaban J connectivity index is 2.00. The highest BCUT2D eigenvalue weighted by Crippen LogP contribution is 2.12. The van der Waals surface area contributed by atoms with Crippen molar-refractivity contribution in [1.82, 2.24) is 15.3 Å². The second-order valence-electron chi connectivity index (χ2n) is 3.08. The molecule has 1 aliphatic heterocycles. The first-order valence-electron chi connectivity index (χ1n) is 4.25. The minimum absolute atomic E-state index is 0.0580. The number of anilines is 1. The summed E-state index contributed by atoms with van der Waals surface area (Å²) in [5, 5.41) is 6.21. The lowest BCUT2D eigenvalue weighted by Crippen LogP contribution is -2.22. The normalized spacial score (nSPS) is 20.6. The van der Waals surface area contributed by atoms with Crippen LogP contribution in [0.1, 0.15) is 6.42 Å². The molecule has 5 nitrogen and oxygen atoms in total. The van der Waals surface area contributed by atoms with Crippen LogP contribution in [0.15, 0.2) is 12.4 Å². The van der Waals surface area contributed by atoms with Gasteiger partial charge in [0.1, 0.15) is 17.3 Å². The molecular weight excluding hydrogens is 204 g/mol. The molecule has 2 rings (SSSR count). The highest BCUT2D eigenvalue weighted by atomic mass is 35.5. The molecule has 1 aromatic rings. The van der Waals surface area contributed by atoms with Crippen LogP contribution >= 0.6 is 11.6 Å². The molecule has 0 spiro atoms. The van der Waals surface area contributed by atoms with Crippen molar-refractivity contribution in [2.24, 2.45) is 0 Å². The maximum atomic E-state index is 10.9. The number of nitrogens with zero attached hydrogens (tertiary/aromatic N) is 2. The Morgan fingerprint density at radius 2 is 2.43 bits per heavy atom. The zero-order valence-electron chi connectivity index (χ0n) is 7.33. The molecule has 2 heterocycles. The average molecular weight is 213 g/mol. The molecule has 0 saturated carbocycles. The molecule has 14 heavy (non-hydrogen) atoms. The fourth-order valence-electron chi connectivity index (χ4n) is 1.33. The highest BCUT2D eigenvalue weighted by Gasteiger charge is 2.21. The van der Waals surface area contributed by atoms with Crippen LogP contribution < -0.4 is 10.6 Å². The zero-order chi connectivity index (χ0) is 9.97. The van der Waals surface area contributed by atoms with Gasteiger partial charge >= 0.3 is 0 Å². The average Bonchev–Trinajstić information content (AvgIpc) is 2.51. The van der Waals surface area contributed by atoms with Crippen LogP contribution in [0.25, 0.3) is 0 Å². The SMILES string of the molecule is O=C1CC(Nc2cc(Cl)ncn2)CN1. The molecule has 74 valence electrons. The van der Waals surface area contributed by atoms with Crippen molar-refractivity contribution in [1.29, 1.82) is 0 Å². The van der Waals surface area contributed by atoms with Crippen molar-refractivity contribution in [3.63, 3.8) is 0 Å². The lowest BCUT2D eigenvalue weighted by molar-refractivity contribution is -0.119. The van der Waals surface area contributed by atoms with Gasteiger partial charge in [-0.05, 0) is 0 Å². The standard InChI is InChI=1S/C8H9ClN4O/c9-6-2-7(12-4-11-6)13-5-1-8(14)10-3-5/h2,4-5H,1,3H2,(H,10,14)(H,11,12,13). The number of hydrogen-bond acceptors (Lipinski definition) is 4. The largest absolute Gasteiger partial charge is 0.365 e. The Morgan fingerprint density at radius 3 is 3.07 bits per heavy atom. The molecule has 1 fully saturated rings. The van der Waals surface area contributed by atoms with E-state index in [4.69, 9.17) is 11.6 Å². The van der Waals surface area contributed by atoms with Crippen molar-refractivity contribution in [3.05, 3.63) is 17.5 Å². The fourth-order valence-corrected chi connectivity index (χ4v) is 1.48. The van der Waals surface area contributed by atoms with Crippen LogP contribution in [0.5, 0.6) is 0 Å². The first-order chi connectivity index (χ1) is 6.74. The molecule has 2 N–H and O–H groups in total. The Morgan fingerprint density at radius 1 is 1.57 bits per heavy atom. The molecular formula is C8H9ClN4O. The van der Waals surface area contributed by atoms with Gasteiger partial charge in [-0.1, -0.05) is 11.6 Å². The van der Waals surface area contributed by atoms with Gasteiger partial charge in [-0.2, -0.15) is 0 Å². The summed E-state index contributed by atoms with van der Waals surface area (Å²) in [5.74, 6) is 0.703. The Hall–Kier alpha value is -1.36. The summed E-state index contributed by atoms with van der Waals surface area (Å²) in [5.41, 5.74) is 0. The third kappa shape index (κ3) is 2.11. The van der Waals surface area contributed by atoms with Crippen molar-refractivity contribution in [2.45, 2.75) is 12.5 Å². The van der Waals surface area contributed by atoms with Crippen molar-refractivity contribution >= 4 is 23.3 Å². The van der Waals surface area contributed by atoms with E-state index in [1.807, 2.05) is 0 Å². The first-order valence-corrected chi connectivity index (χ1v) is 4.62. The second-order valence-corrected chi connectivity index (χ2v) is 3.46. The third-order valence-electron chi connectivity index (χ3n) is 1.96. The molecule has 1 aromatic heterocycles. The topological polar surface area (TPSA) is 66.9 Å². The van der Waals surface area contributed by atoms with E-state index in [9.17, 15) is 4.79 Å². The summed E-state index contributed by atoms with van der Waals surface area (Å²) < 4.78 is 0. The van der Waals surface area contributed by atoms with Gasteiger partial charge in [-0.3, -0.25) is 4.79 Å². The van der Waals surface area contributed by atoms with Crippen molar-refractivity contribution in [3.8, 4) is 0 Å². The summed E-state index contributed by atoms with van der Waals surface area (Å²) >= 11 is 5.69. The number of amides is 1. The molecule has 0 aliphatic carbocycles. The molecule has 1 saturated heterocycles. The zero-order valence-corrected chi connectivity index (χ0v) is 8.08. The van der Waals surface area contributed by atoms with Crippen LogP contribution in [0, 0.1) is 0 Å². The van der Waals surface area contributed by atoms with E-state index in [1.54, 1.807) is 6.07 Å². The number of carbonyl (C=O) groups excluding carboxylic acids is 1. The third-order valence-corrected chi connectivity index (χ3v) is 2.17. The Kier molecular flexibility index (Phi) is 2.49. The van der Waals surface area contributed by atoms with Crippen molar-refractivity contribution in [2.75, 3.05) is 11.9 Å². The second kappa shape index (κ2) is 3.79. The van der Waals surface area contributed by atoms with Gasteiger partial charge in [-0.15, -0.1) is 0 Å². The summed E-state index contributed by atoms with van der Waals surface area (Å²) in [6.07, 6.45) is 1.86. The lowest BCUT2D eigenvalue weighted by Gasteiger charge is -2.10. The number of hydrogen-bond donors (Lipinski definition) is 2. The predicted octanol–water partition coefficient (Wildman–Crippen LogP) is 0.430. The van der Waals surface area contributed by atoms with E-state index in [2.05, 4.69) is 20.6 Å². The molecule has 1 atom stereocenters. The van der Waals surface area contributed by atoms with E-state index >= 15 is 0 Å². The van der Waals surface area contributed by atoms with Gasteiger partial charge in [0.05, 0.1) is 6.04 Å². The summed E-state index contributed by atoms with van der Waals surface area (Å²) in [4.78, 5) is 18.6. The number of rotatable bonds is 2. The van der Waals surface area contributed by atoms with Crippen LogP contribution in [-0.4, -0.2) is 28.5 Å². The van der Waals surface area contributed by atoms with Crippen LogP contribution in [-0.2, 0) is 4.79 Å². The van der Waals surface area contributed by atoms with Crippen LogP contribution in [0.2, 0.25) is 5.15 Å². The minimum atomic E-state index is 0.0580. The lowest BCUT2D eigenvalue weighted by atomic mass is 10.2. The molecule has 1 amide bonds. The summed E-state index contributed by atoms with van der Waals surface area (Å²) in [6, 6.07) is 1.72. The van der Waals surface area contributed by atoms with E-state index in [0.29, 0.717) is 23.9 Å². The number of aromatic nitrogens is 2. The van der Waals surface area contributed by atoms with E-state index < -0.39 is 0 Å². The van der Waals surface area contributed by atoms with E-state index in [0.717, 1.165) is 0 Å². The monoisotopic (exact) mass is 212 g/mol.